The van der Waals surface area contributed by atoms with E-state index in [4.69, 9.17) is 5.11 Å². The molecule has 0 spiro atoms. The zero-order valence-corrected chi connectivity index (χ0v) is 10.4. The zero-order valence-electron chi connectivity index (χ0n) is 10.4. The van der Waals surface area contributed by atoms with Crippen molar-refractivity contribution in [3.63, 3.8) is 0 Å². The number of carboxylic acids is 1. The van der Waals surface area contributed by atoms with Crippen LogP contribution < -0.4 is 10.6 Å². The van der Waals surface area contributed by atoms with Crippen LogP contribution in [-0.4, -0.2) is 36.6 Å². The van der Waals surface area contributed by atoms with Crippen molar-refractivity contribution in [3.8, 4) is 0 Å². The van der Waals surface area contributed by atoms with Gasteiger partial charge in [-0.25, -0.2) is 0 Å². The molecule has 5 nitrogen and oxygen atoms in total. The summed E-state index contributed by atoms with van der Waals surface area (Å²) in [6.45, 7) is 3.64. The molecule has 1 rings (SSSR count). The van der Waals surface area contributed by atoms with Crippen LogP contribution in [0.15, 0.2) is 0 Å². The second-order valence-electron chi connectivity index (χ2n) is 4.75. The molecule has 1 aliphatic rings. The van der Waals surface area contributed by atoms with Crippen LogP contribution in [0.4, 0.5) is 0 Å². The van der Waals surface area contributed by atoms with Crippen molar-refractivity contribution in [2.24, 2.45) is 11.8 Å². The van der Waals surface area contributed by atoms with E-state index in [0.29, 0.717) is 13.1 Å². The van der Waals surface area contributed by atoms with Crippen LogP contribution in [-0.2, 0) is 9.59 Å². The molecule has 0 radical (unpaired) electrons. The number of carbonyl (C=O) groups excluding carboxylic acids is 1. The number of nitrogens with one attached hydrogen (secondary N) is 2. The number of carbonyl (C=O) groups is 2. The highest BCUT2D eigenvalue weighted by atomic mass is 16.4. The van der Waals surface area contributed by atoms with Crippen molar-refractivity contribution < 1.29 is 14.7 Å². The fourth-order valence-corrected chi connectivity index (χ4v) is 1.64. The van der Waals surface area contributed by atoms with Crippen LogP contribution >= 0.6 is 0 Å². The summed E-state index contributed by atoms with van der Waals surface area (Å²) in [6.07, 6.45) is 3.42. The second kappa shape index (κ2) is 7.27. The largest absolute Gasteiger partial charge is 0.481 e. The Bertz CT molecular complexity index is 264. The van der Waals surface area contributed by atoms with E-state index in [1.807, 2.05) is 6.92 Å². The number of aliphatic carboxylic acids is 1. The van der Waals surface area contributed by atoms with E-state index < -0.39 is 5.97 Å². The summed E-state index contributed by atoms with van der Waals surface area (Å²) in [5, 5.41) is 14.5. The van der Waals surface area contributed by atoms with E-state index >= 15 is 0 Å². The molecule has 1 atom stereocenters. The lowest BCUT2D eigenvalue weighted by atomic mass is 10.0. The lowest BCUT2D eigenvalue weighted by molar-refractivity contribution is -0.138. The lowest BCUT2D eigenvalue weighted by Gasteiger charge is -2.13. The Kier molecular flexibility index (Phi) is 5.97. The minimum Gasteiger partial charge on any atom is -0.481 e. The highest BCUT2D eigenvalue weighted by Gasteiger charge is 2.20. The van der Waals surface area contributed by atoms with Gasteiger partial charge in [-0.2, -0.15) is 0 Å². The van der Waals surface area contributed by atoms with Gasteiger partial charge in [0.05, 0.1) is 6.54 Å². The molecule has 98 valence electrons. The third-order valence-corrected chi connectivity index (χ3v) is 3.04. The molecule has 0 saturated heterocycles. The monoisotopic (exact) mass is 242 g/mol. The Labute approximate surface area is 102 Å². The van der Waals surface area contributed by atoms with Gasteiger partial charge >= 0.3 is 5.97 Å². The highest BCUT2D eigenvalue weighted by Crippen LogP contribution is 2.27. The van der Waals surface area contributed by atoms with Crippen LogP contribution in [0.1, 0.15) is 32.6 Å². The summed E-state index contributed by atoms with van der Waals surface area (Å²) < 4.78 is 0. The Morgan fingerprint density at radius 2 is 2.12 bits per heavy atom. The van der Waals surface area contributed by atoms with E-state index in [2.05, 4.69) is 10.6 Å². The molecule has 1 amide bonds. The molecule has 0 aliphatic heterocycles. The topological polar surface area (TPSA) is 78.4 Å². The Hall–Kier alpha value is -1.10. The third kappa shape index (κ3) is 6.94. The van der Waals surface area contributed by atoms with Crippen LogP contribution in [0, 0.1) is 11.8 Å². The predicted molar refractivity (Wildman–Crippen MR) is 64.6 cm³/mol. The van der Waals surface area contributed by atoms with Gasteiger partial charge in [-0.15, -0.1) is 0 Å². The Morgan fingerprint density at radius 3 is 2.65 bits per heavy atom. The maximum atomic E-state index is 11.4. The van der Waals surface area contributed by atoms with Crippen LogP contribution in [0.25, 0.3) is 0 Å². The van der Waals surface area contributed by atoms with Gasteiger partial charge in [0.15, 0.2) is 0 Å². The van der Waals surface area contributed by atoms with Gasteiger partial charge in [-0.1, -0.05) is 13.3 Å². The SMILES string of the molecule is CCC(CNC(=O)CNCC1CC1)CC(=O)O. The van der Waals surface area contributed by atoms with Gasteiger partial charge in [0.2, 0.25) is 5.91 Å². The van der Waals surface area contributed by atoms with Crippen molar-refractivity contribution in [3.05, 3.63) is 0 Å². The van der Waals surface area contributed by atoms with Gasteiger partial charge in [-0.3, -0.25) is 9.59 Å². The summed E-state index contributed by atoms with van der Waals surface area (Å²) in [6, 6.07) is 0. The first-order chi connectivity index (χ1) is 8.11. The molecular formula is C12H22N2O3. The minimum atomic E-state index is -0.807. The second-order valence-corrected chi connectivity index (χ2v) is 4.75. The molecule has 0 heterocycles. The summed E-state index contributed by atoms with van der Waals surface area (Å²) in [5.74, 6) is -0.0643. The summed E-state index contributed by atoms with van der Waals surface area (Å²) in [4.78, 5) is 22.0. The van der Waals surface area contributed by atoms with E-state index in [9.17, 15) is 9.59 Å². The Balaban J connectivity index is 2.05. The van der Waals surface area contributed by atoms with E-state index in [1.54, 1.807) is 0 Å². The van der Waals surface area contributed by atoms with Gasteiger partial charge < -0.3 is 15.7 Å². The summed E-state index contributed by atoms with van der Waals surface area (Å²) in [5.41, 5.74) is 0. The normalized spacial score (nSPS) is 16.5. The first kappa shape index (κ1) is 14.0. The van der Waals surface area contributed by atoms with Crippen molar-refractivity contribution in [1.29, 1.82) is 0 Å². The average molecular weight is 242 g/mol. The predicted octanol–water partition coefficient (Wildman–Crippen LogP) is 0.603. The molecule has 17 heavy (non-hydrogen) atoms. The maximum absolute atomic E-state index is 11.4. The van der Waals surface area contributed by atoms with Crippen molar-refractivity contribution in [2.75, 3.05) is 19.6 Å². The van der Waals surface area contributed by atoms with Crippen molar-refractivity contribution in [1.82, 2.24) is 10.6 Å². The third-order valence-electron chi connectivity index (χ3n) is 3.04. The Morgan fingerprint density at radius 1 is 1.41 bits per heavy atom. The molecule has 1 fully saturated rings. The van der Waals surface area contributed by atoms with Gasteiger partial charge in [-0.05, 0) is 31.2 Å². The molecule has 3 N–H and O–H groups in total. The molecule has 0 bridgehead atoms. The zero-order chi connectivity index (χ0) is 12.7. The fraction of sp³-hybridized carbons (Fsp3) is 0.833. The van der Waals surface area contributed by atoms with Gasteiger partial charge in [0.1, 0.15) is 0 Å². The van der Waals surface area contributed by atoms with E-state index in [0.717, 1.165) is 18.9 Å². The standard InChI is InChI=1S/C12H22N2O3/c1-2-9(5-12(16)17)7-14-11(15)8-13-6-10-3-4-10/h9-10,13H,2-8H2,1H3,(H,14,15)(H,16,17). The molecule has 0 aromatic rings. The minimum absolute atomic E-state index is 0.0277. The first-order valence-electron chi connectivity index (χ1n) is 6.31. The van der Waals surface area contributed by atoms with E-state index in [-0.39, 0.29) is 18.2 Å². The van der Waals surface area contributed by atoms with E-state index in [1.165, 1.54) is 12.8 Å². The maximum Gasteiger partial charge on any atom is 0.303 e. The quantitative estimate of drug-likeness (QED) is 0.553. The van der Waals surface area contributed by atoms with Crippen LogP contribution in [0.2, 0.25) is 0 Å². The smallest absolute Gasteiger partial charge is 0.303 e. The molecule has 0 aromatic heterocycles. The van der Waals surface area contributed by atoms with Gasteiger partial charge in [0, 0.05) is 13.0 Å². The van der Waals surface area contributed by atoms with Crippen molar-refractivity contribution >= 4 is 11.9 Å². The highest BCUT2D eigenvalue weighted by molar-refractivity contribution is 5.78. The summed E-state index contributed by atoms with van der Waals surface area (Å²) in [7, 11) is 0. The molecule has 1 unspecified atom stereocenters. The van der Waals surface area contributed by atoms with Gasteiger partial charge in [0.25, 0.3) is 0 Å². The molecule has 1 saturated carbocycles. The number of hydrogen-bond acceptors (Lipinski definition) is 3. The molecule has 5 heteroatoms. The number of carboxylic acid groups (broad SMARTS) is 1. The summed E-state index contributed by atoms with van der Waals surface area (Å²) >= 11 is 0. The molecule has 0 aromatic carbocycles. The molecule has 1 aliphatic carbocycles. The fourth-order valence-electron chi connectivity index (χ4n) is 1.64. The number of amides is 1. The van der Waals surface area contributed by atoms with Crippen molar-refractivity contribution in [2.45, 2.75) is 32.6 Å². The number of hydrogen-bond donors (Lipinski definition) is 3. The average Bonchev–Trinajstić information content (AvgIpc) is 3.07. The molecular weight excluding hydrogens is 220 g/mol. The van der Waals surface area contributed by atoms with Crippen LogP contribution in [0.5, 0.6) is 0 Å². The number of rotatable bonds is 9. The first-order valence-corrected chi connectivity index (χ1v) is 6.31. The lowest BCUT2D eigenvalue weighted by Crippen LogP contribution is -2.37. The van der Waals surface area contributed by atoms with Crippen LogP contribution in [0.3, 0.4) is 0 Å².